The Balaban J connectivity index is 4.00. The summed E-state index contributed by atoms with van der Waals surface area (Å²) < 4.78 is 0. The fraction of sp³-hybridized carbons (Fsp3) is 0.952. The summed E-state index contributed by atoms with van der Waals surface area (Å²) >= 11 is 0. The van der Waals surface area contributed by atoms with Gasteiger partial charge in [0.05, 0.1) is 6.61 Å². The van der Waals surface area contributed by atoms with Crippen molar-refractivity contribution in [3.8, 4) is 0 Å². The zero-order chi connectivity index (χ0) is 18.8. The lowest BCUT2D eigenvalue weighted by atomic mass is 9.99. The fourth-order valence-corrected chi connectivity index (χ4v) is 3.20. The maximum atomic E-state index is 12.0. The van der Waals surface area contributed by atoms with E-state index in [0.717, 1.165) is 12.8 Å². The van der Waals surface area contributed by atoms with Crippen LogP contribution in [-0.4, -0.2) is 29.7 Å². The molecule has 2 atom stereocenters. The highest BCUT2D eigenvalue weighted by molar-refractivity contribution is 5.81. The van der Waals surface area contributed by atoms with E-state index in [0.29, 0.717) is 0 Å². The number of nitrogens with two attached hydrogens (primary N) is 1. The van der Waals surface area contributed by atoms with E-state index in [4.69, 9.17) is 10.8 Å². The van der Waals surface area contributed by atoms with Crippen molar-refractivity contribution >= 4 is 5.91 Å². The first-order chi connectivity index (χ1) is 12.2. The van der Waals surface area contributed by atoms with Crippen molar-refractivity contribution < 1.29 is 9.90 Å². The van der Waals surface area contributed by atoms with Crippen LogP contribution in [0.15, 0.2) is 0 Å². The van der Waals surface area contributed by atoms with Crippen molar-refractivity contribution in [1.82, 2.24) is 5.32 Å². The molecule has 0 saturated heterocycles. The van der Waals surface area contributed by atoms with Crippen LogP contribution in [0.5, 0.6) is 0 Å². The third-order valence-corrected chi connectivity index (χ3v) is 4.94. The molecule has 0 saturated carbocycles. The van der Waals surface area contributed by atoms with Gasteiger partial charge >= 0.3 is 0 Å². The normalized spacial score (nSPS) is 13.6. The van der Waals surface area contributed by atoms with Crippen molar-refractivity contribution in [3.63, 3.8) is 0 Å². The molecule has 0 spiro atoms. The van der Waals surface area contributed by atoms with Gasteiger partial charge in [-0.1, -0.05) is 97.3 Å². The van der Waals surface area contributed by atoms with Crippen molar-refractivity contribution in [2.45, 2.75) is 122 Å². The summed E-state index contributed by atoms with van der Waals surface area (Å²) in [6.07, 6.45) is 18.7. The minimum Gasteiger partial charge on any atom is -0.394 e. The van der Waals surface area contributed by atoms with E-state index >= 15 is 0 Å². The van der Waals surface area contributed by atoms with E-state index in [1.54, 1.807) is 0 Å². The first kappa shape index (κ1) is 24.4. The minimum atomic E-state index is -0.791. The molecule has 1 amide bonds. The van der Waals surface area contributed by atoms with Gasteiger partial charge in [0, 0.05) is 6.04 Å². The van der Waals surface area contributed by atoms with Gasteiger partial charge in [0.25, 0.3) is 0 Å². The molecule has 4 nitrogen and oxygen atoms in total. The summed E-state index contributed by atoms with van der Waals surface area (Å²) in [5.74, 6) is -0.207. The quantitative estimate of drug-likeness (QED) is 0.312. The first-order valence-corrected chi connectivity index (χ1v) is 10.8. The number of carbonyl (C=O) groups is 1. The number of amides is 1. The molecule has 0 heterocycles. The number of rotatable bonds is 18. The van der Waals surface area contributed by atoms with Gasteiger partial charge in [0.15, 0.2) is 0 Å². The molecule has 0 aliphatic carbocycles. The number of unbranched alkanes of at least 4 members (excludes halogenated alkanes) is 11. The van der Waals surface area contributed by atoms with Crippen LogP contribution in [0.2, 0.25) is 0 Å². The summed E-state index contributed by atoms with van der Waals surface area (Å²) in [5, 5.41) is 12.1. The molecule has 0 bridgehead atoms. The van der Waals surface area contributed by atoms with Crippen LogP contribution in [0.3, 0.4) is 0 Å². The van der Waals surface area contributed by atoms with Crippen LogP contribution >= 0.6 is 0 Å². The van der Waals surface area contributed by atoms with Crippen LogP contribution in [0.4, 0.5) is 0 Å². The number of aliphatic hydroxyl groups is 1. The second-order valence-electron chi connectivity index (χ2n) is 7.46. The van der Waals surface area contributed by atoms with Gasteiger partial charge in [-0.2, -0.15) is 0 Å². The number of hydrogen-bond donors (Lipinski definition) is 3. The van der Waals surface area contributed by atoms with Crippen molar-refractivity contribution in [2.75, 3.05) is 6.61 Å². The highest BCUT2D eigenvalue weighted by Crippen LogP contribution is 2.14. The lowest BCUT2D eigenvalue weighted by Gasteiger charge is -2.20. The molecule has 0 aromatic carbocycles. The lowest BCUT2D eigenvalue weighted by Crippen LogP contribution is -2.47. The Morgan fingerprint density at radius 1 is 0.800 bits per heavy atom. The Morgan fingerprint density at radius 3 is 1.60 bits per heavy atom. The molecule has 25 heavy (non-hydrogen) atoms. The van der Waals surface area contributed by atoms with Crippen molar-refractivity contribution in [3.05, 3.63) is 0 Å². The summed E-state index contributed by atoms with van der Waals surface area (Å²) in [4.78, 5) is 12.0. The van der Waals surface area contributed by atoms with Gasteiger partial charge < -0.3 is 16.2 Å². The topological polar surface area (TPSA) is 75.4 Å². The van der Waals surface area contributed by atoms with E-state index in [-0.39, 0.29) is 18.6 Å². The molecule has 4 N–H and O–H groups in total. The second kappa shape index (κ2) is 18.2. The number of aliphatic hydroxyl groups excluding tert-OH is 1. The molecule has 0 aliphatic heterocycles. The highest BCUT2D eigenvalue weighted by Gasteiger charge is 2.17. The molecule has 0 fully saturated rings. The molecule has 1 unspecified atom stereocenters. The molecular formula is C21H44N2O2. The van der Waals surface area contributed by atoms with Crippen molar-refractivity contribution in [2.24, 2.45) is 5.73 Å². The molecule has 150 valence electrons. The molecule has 0 aromatic rings. The molecule has 0 aromatic heterocycles. The summed E-state index contributed by atoms with van der Waals surface area (Å²) in [6, 6.07) is -0.576. The molecule has 0 rings (SSSR count). The standard InChI is InChI=1S/C21H44N2O2/c1-3-5-7-9-11-13-15-17-19(23-21(25)20(22)18-24)16-14-12-10-8-6-4-2/h19-20,24H,3-18,22H2,1-2H3,(H,23,25)/t19?,20-/m0/s1. The van der Waals surface area contributed by atoms with E-state index in [2.05, 4.69) is 19.2 Å². The number of hydrogen-bond acceptors (Lipinski definition) is 3. The second-order valence-corrected chi connectivity index (χ2v) is 7.46. The molecular weight excluding hydrogens is 312 g/mol. The maximum Gasteiger partial charge on any atom is 0.239 e. The molecule has 0 aliphatic rings. The predicted octanol–water partition coefficient (Wildman–Crippen LogP) is 4.68. The third kappa shape index (κ3) is 15.4. The zero-order valence-electron chi connectivity index (χ0n) is 16.9. The largest absolute Gasteiger partial charge is 0.394 e. The lowest BCUT2D eigenvalue weighted by molar-refractivity contribution is -0.124. The average molecular weight is 357 g/mol. The summed E-state index contributed by atoms with van der Waals surface area (Å²) in [7, 11) is 0. The van der Waals surface area contributed by atoms with Crippen LogP contribution in [0.25, 0.3) is 0 Å². The number of nitrogens with one attached hydrogen (secondary N) is 1. The van der Waals surface area contributed by atoms with E-state index in [1.165, 1.54) is 83.5 Å². The Hall–Kier alpha value is -0.610. The molecule has 0 radical (unpaired) electrons. The zero-order valence-corrected chi connectivity index (χ0v) is 16.9. The van der Waals surface area contributed by atoms with Gasteiger partial charge in [0.1, 0.15) is 6.04 Å². The van der Waals surface area contributed by atoms with Gasteiger partial charge in [-0.3, -0.25) is 4.79 Å². The Kier molecular flexibility index (Phi) is 17.7. The van der Waals surface area contributed by atoms with E-state index in [1.807, 2.05) is 0 Å². The Morgan fingerprint density at radius 2 is 1.20 bits per heavy atom. The van der Waals surface area contributed by atoms with Crippen LogP contribution in [0, 0.1) is 0 Å². The Labute approximate surface area is 156 Å². The monoisotopic (exact) mass is 356 g/mol. The van der Waals surface area contributed by atoms with Crippen LogP contribution in [-0.2, 0) is 4.79 Å². The van der Waals surface area contributed by atoms with Crippen LogP contribution < -0.4 is 11.1 Å². The van der Waals surface area contributed by atoms with Crippen molar-refractivity contribution in [1.29, 1.82) is 0 Å². The maximum absolute atomic E-state index is 12.0. The van der Waals surface area contributed by atoms with E-state index < -0.39 is 6.04 Å². The Bertz CT molecular complexity index is 298. The summed E-state index contributed by atoms with van der Waals surface area (Å²) in [5.41, 5.74) is 5.64. The minimum absolute atomic E-state index is 0.207. The van der Waals surface area contributed by atoms with Crippen LogP contribution in [0.1, 0.15) is 110 Å². The molecule has 4 heteroatoms. The third-order valence-electron chi connectivity index (χ3n) is 4.94. The average Bonchev–Trinajstić information content (AvgIpc) is 2.62. The SMILES string of the molecule is CCCCCCCCCC(CCCCCCCC)NC(=O)[C@@H](N)CO. The summed E-state index contributed by atoms with van der Waals surface area (Å²) in [6.45, 7) is 4.19. The number of carbonyl (C=O) groups excluding carboxylic acids is 1. The van der Waals surface area contributed by atoms with Gasteiger partial charge in [0.2, 0.25) is 5.91 Å². The first-order valence-electron chi connectivity index (χ1n) is 10.8. The highest BCUT2D eigenvalue weighted by atomic mass is 16.3. The van der Waals surface area contributed by atoms with Gasteiger partial charge in [-0.25, -0.2) is 0 Å². The van der Waals surface area contributed by atoms with Gasteiger partial charge in [-0.05, 0) is 12.8 Å². The van der Waals surface area contributed by atoms with E-state index in [9.17, 15) is 4.79 Å². The smallest absolute Gasteiger partial charge is 0.239 e. The fourth-order valence-electron chi connectivity index (χ4n) is 3.20. The van der Waals surface area contributed by atoms with Gasteiger partial charge in [-0.15, -0.1) is 0 Å². The predicted molar refractivity (Wildman–Crippen MR) is 108 cm³/mol.